The maximum absolute atomic E-state index is 9.60. The second-order valence-corrected chi connectivity index (χ2v) is 13.5. The number of anilines is 3. The van der Waals surface area contributed by atoms with Crippen molar-refractivity contribution >= 4 is 38.9 Å². The van der Waals surface area contributed by atoms with Crippen LogP contribution >= 0.6 is 0 Å². The first-order chi connectivity index (χ1) is 31.1. The SMILES string of the molecule is [2H]c1c([2H])c(N(c2cccc(-c3cccc4c3c3ccccc3n4-c3ccccc3)c2)c2c([2H])c([2H])c(-c3ccc(-c4ccccc4)cc3)c([2H])c2[2H])c([2H])c([2H])c1-c1ccccc1. The van der Waals surface area contributed by atoms with Crippen LogP contribution in [0.15, 0.2) is 230 Å². The Morgan fingerprint density at radius 3 is 1.43 bits per heavy atom. The molecule has 0 fully saturated rings. The Morgan fingerprint density at radius 1 is 0.339 bits per heavy atom. The van der Waals surface area contributed by atoms with E-state index in [2.05, 4.69) is 34.9 Å². The van der Waals surface area contributed by atoms with E-state index >= 15 is 0 Å². The van der Waals surface area contributed by atoms with E-state index in [0.29, 0.717) is 16.8 Å². The van der Waals surface area contributed by atoms with Crippen molar-refractivity contribution in [2.45, 2.75) is 0 Å². The molecule has 10 rings (SSSR count). The minimum atomic E-state index is -0.398. The van der Waals surface area contributed by atoms with Crippen molar-refractivity contribution in [3.05, 3.63) is 230 Å². The third-order valence-corrected chi connectivity index (χ3v) is 10.1. The molecule has 56 heavy (non-hydrogen) atoms. The van der Waals surface area contributed by atoms with Crippen LogP contribution in [-0.4, -0.2) is 4.57 Å². The maximum Gasteiger partial charge on any atom is 0.0645 e. The standard InChI is InChI=1S/C54H38N2/c1-4-14-39(15-5-1)41-26-28-42(29-27-41)44-32-36-48(37-33-44)55(47-34-30-43(31-35-47)40-16-6-2-7-17-40)49-21-12-18-45(38-49)50-23-13-25-53-54(50)51-22-10-11-24-52(51)56(53)46-19-8-3-9-20-46/h1-38H/i30D,31D,32D,33D,34D,35D,36D,37D. The molecule has 0 unspecified atom stereocenters. The van der Waals surface area contributed by atoms with Gasteiger partial charge in [0.05, 0.1) is 22.0 Å². The van der Waals surface area contributed by atoms with E-state index in [1.165, 1.54) is 4.90 Å². The second-order valence-electron chi connectivity index (χ2n) is 13.5. The van der Waals surface area contributed by atoms with Crippen molar-refractivity contribution in [1.29, 1.82) is 0 Å². The van der Waals surface area contributed by atoms with Gasteiger partial charge >= 0.3 is 0 Å². The summed E-state index contributed by atoms with van der Waals surface area (Å²) < 4.78 is 77.8. The van der Waals surface area contributed by atoms with Gasteiger partial charge in [0.15, 0.2) is 0 Å². The second kappa shape index (κ2) is 14.4. The van der Waals surface area contributed by atoms with Crippen LogP contribution in [0.5, 0.6) is 0 Å². The zero-order valence-corrected chi connectivity index (χ0v) is 30.2. The summed E-state index contributed by atoms with van der Waals surface area (Å²) in [5.74, 6) is 0. The van der Waals surface area contributed by atoms with E-state index in [9.17, 15) is 11.0 Å². The lowest BCUT2D eigenvalue weighted by Gasteiger charge is -2.26. The average Bonchev–Trinajstić information content (AvgIpc) is 3.68. The van der Waals surface area contributed by atoms with Gasteiger partial charge in [0.1, 0.15) is 0 Å². The van der Waals surface area contributed by atoms with E-state index in [0.717, 1.165) is 49.7 Å². The minimum absolute atomic E-state index is 0.104. The number of fused-ring (bicyclic) bond motifs is 3. The molecule has 1 aromatic heterocycles. The molecule has 0 aliphatic rings. The van der Waals surface area contributed by atoms with Crippen molar-refractivity contribution in [1.82, 2.24) is 4.57 Å². The number of benzene rings is 9. The van der Waals surface area contributed by atoms with Crippen LogP contribution in [-0.2, 0) is 0 Å². The molecule has 0 bridgehead atoms. The minimum Gasteiger partial charge on any atom is -0.310 e. The van der Waals surface area contributed by atoms with E-state index in [-0.39, 0.29) is 46.7 Å². The van der Waals surface area contributed by atoms with Crippen LogP contribution in [0.25, 0.3) is 72.0 Å². The lowest BCUT2D eigenvalue weighted by Crippen LogP contribution is -2.10. The average molecular weight is 723 g/mol. The topological polar surface area (TPSA) is 8.17 Å². The molecule has 10 aromatic rings. The van der Waals surface area contributed by atoms with Crippen molar-refractivity contribution < 1.29 is 11.0 Å². The first-order valence-electron chi connectivity index (χ1n) is 22.5. The highest BCUT2D eigenvalue weighted by molar-refractivity contribution is 6.16. The third kappa shape index (κ3) is 6.14. The molecule has 2 nitrogen and oxygen atoms in total. The highest BCUT2D eigenvalue weighted by Gasteiger charge is 2.18. The van der Waals surface area contributed by atoms with Gasteiger partial charge in [0.25, 0.3) is 0 Å². The molecule has 264 valence electrons. The fourth-order valence-corrected chi connectivity index (χ4v) is 7.49. The van der Waals surface area contributed by atoms with Gasteiger partial charge in [-0.05, 0) is 105 Å². The number of aromatic nitrogens is 1. The monoisotopic (exact) mass is 722 g/mol. The lowest BCUT2D eigenvalue weighted by atomic mass is 9.98. The highest BCUT2D eigenvalue weighted by atomic mass is 15.1. The summed E-state index contributed by atoms with van der Waals surface area (Å²) in [4.78, 5) is 1.37. The molecular formula is C54H38N2. The predicted octanol–water partition coefficient (Wildman–Crippen LogP) is 14.9. The summed E-state index contributed by atoms with van der Waals surface area (Å²) in [6.45, 7) is 0. The van der Waals surface area contributed by atoms with Crippen LogP contribution in [0.4, 0.5) is 17.1 Å². The van der Waals surface area contributed by atoms with Crippen molar-refractivity contribution in [3.8, 4) is 50.2 Å². The predicted molar refractivity (Wildman–Crippen MR) is 237 cm³/mol. The largest absolute Gasteiger partial charge is 0.310 e. The molecule has 0 atom stereocenters. The summed E-state index contributed by atoms with van der Waals surface area (Å²) >= 11 is 0. The number of nitrogens with zero attached hydrogens (tertiary/aromatic N) is 2. The van der Waals surface area contributed by atoms with Crippen LogP contribution in [0.2, 0.25) is 0 Å². The number of hydrogen-bond donors (Lipinski definition) is 0. The maximum atomic E-state index is 9.60. The smallest absolute Gasteiger partial charge is 0.0645 e. The van der Waals surface area contributed by atoms with E-state index in [4.69, 9.17) is 0 Å². The zero-order valence-electron chi connectivity index (χ0n) is 38.2. The van der Waals surface area contributed by atoms with Gasteiger partial charge in [-0.3, -0.25) is 0 Å². The summed E-state index contributed by atoms with van der Waals surface area (Å²) in [6, 6.07) is 55.0. The number of hydrogen-bond acceptors (Lipinski definition) is 1. The summed E-state index contributed by atoms with van der Waals surface area (Å²) in [6.07, 6.45) is 0. The Labute approximate surface area is 339 Å². The van der Waals surface area contributed by atoms with E-state index in [1.807, 2.05) is 109 Å². The van der Waals surface area contributed by atoms with Crippen LogP contribution in [0.1, 0.15) is 11.0 Å². The normalized spacial score (nSPS) is 13.2. The van der Waals surface area contributed by atoms with Gasteiger partial charge in [-0.15, -0.1) is 0 Å². The van der Waals surface area contributed by atoms with Gasteiger partial charge in [-0.2, -0.15) is 0 Å². The molecule has 1 heterocycles. The number of rotatable bonds is 8. The van der Waals surface area contributed by atoms with Crippen molar-refractivity contribution in [3.63, 3.8) is 0 Å². The number of para-hydroxylation sites is 2. The Bertz CT molecular complexity index is 3350. The zero-order chi connectivity index (χ0) is 44.2. The molecular weight excluding hydrogens is 677 g/mol. The van der Waals surface area contributed by atoms with Crippen LogP contribution in [0, 0.1) is 0 Å². The van der Waals surface area contributed by atoms with Crippen LogP contribution in [0.3, 0.4) is 0 Å². The summed E-state index contributed by atoms with van der Waals surface area (Å²) in [5.41, 5.74) is 7.73. The van der Waals surface area contributed by atoms with E-state index < -0.39 is 24.2 Å². The molecule has 0 saturated heterocycles. The molecule has 0 spiro atoms. The Hall–Kier alpha value is -7.42. The van der Waals surface area contributed by atoms with Crippen molar-refractivity contribution in [2.75, 3.05) is 4.90 Å². The molecule has 0 N–H and O–H groups in total. The third-order valence-electron chi connectivity index (χ3n) is 10.1. The first-order valence-corrected chi connectivity index (χ1v) is 18.5. The fourth-order valence-electron chi connectivity index (χ4n) is 7.49. The molecule has 0 aliphatic carbocycles. The van der Waals surface area contributed by atoms with E-state index in [1.54, 1.807) is 42.5 Å². The summed E-state index contributed by atoms with van der Waals surface area (Å²) in [7, 11) is 0. The molecule has 0 aliphatic heterocycles. The molecule has 9 aromatic carbocycles. The summed E-state index contributed by atoms with van der Waals surface area (Å²) in [5, 5.41) is 2.02. The molecule has 0 radical (unpaired) electrons. The fraction of sp³-hybridized carbons (Fsp3) is 0. The van der Waals surface area contributed by atoms with Crippen LogP contribution < -0.4 is 4.90 Å². The molecule has 0 amide bonds. The molecule has 0 saturated carbocycles. The van der Waals surface area contributed by atoms with Gasteiger partial charge in [0.2, 0.25) is 0 Å². The quantitative estimate of drug-likeness (QED) is 0.152. The Kier molecular flexibility index (Phi) is 6.59. The lowest BCUT2D eigenvalue weighted by molar-refractivity contribution is 1.18. The van der Waals surface area contributed by atoms with Gasteiger partial charge in [-0.1, -0.05) is 170 Å². The Morgan fingerprint density at radius 2 is 0.804 bits per heavy atom. The Balaban J connectivity index is 1.21. The van der Waals surface area contributed by atoms with Gasteiger partial charge in [-0.25, -0.2) is 0 Å². The van der Waals surface area contributed by atoms with Gasteiger partial charge in [0, 0.05) is 33.5 Å². The van der Waals surface area contributed by atoms with Gasteiger partial charge < -0.3 is 9.47 Å². The van der Waals surface area contributed by atoms with Crippen molar-refractivity contribution in [2.24, 2.45) is 0 Å². The first kappa shape index (κ1) is 25.6. The molecule has 2 heteroatoms. The highest BCUT2D eigenvalue weighted by Crippen LogP contribution is 2.42.